The topological polar surface area (TPSA) is 70.2 Å². The number of benzene rings is 2. The Morgan fingerprint density at radius 1 is 0.920 bits per heavy atom. The predicted octanol–water partition coefficient (Wildman–Crippen LogP) is 3.80. The number of nitrogens with one attached hydrogen (secondary N) is 3. The first kappa shape index (κ1) is 18.6. The second-order valence-electron chi connectivity index (χ2n) is 6.00. The molecule has 0 aliphatic carbocycles. The van der Waals surface area contributed by atoms with Crippen LogP contribution in [0, 0.1) is 5.92 Å². The molecule has 2 aromatic rings. The highest BCUT2D eigenvalue weighted by Crippen LogP contribution is 2.14. The summed E-state index contributed by atoms with van der Waals surface area (Å²) in [6.07, 6.45) is 0.482. The molecule has 0 bridgehead atoms. The molecule has 3 N–H and O–H groups in total. The van der Waals surface area contributed by atoms with Crippen LogP contribution in [0.3, 0.4) is 0 Å². The second kappa shape index (κ2) is 8.94. The minimum Gasteiger partial charge on any atom is -0.332 e. The lowest BCUT2D eigenvalue weighted by molar-refractivity contribution is -0.116. The van der Waals surface area contributed by atoms with Crippen LogP contribution < -0.4 is 16.0 Å². The number of hydrogen-bond acceptors (Lipinski definition) is 3. The van der Waals surface area contributed by atoms with E-state index in [-0.39, 0.29) is 16.9 Å². The molecule has 0 saturated carbocycles. The van der Waals surface area contributed by atoms with Crippen LogP contribution in [0.1, 0.15) is 30.6 Å². The highest BCUT2D eigenvalue weighted by atomic mass is 32.1. The van der Waals surface area contributed by atoms with Crippen molar-refractivity contribution in [3.05, 3.63) is 60.2 Å². The Morgan fingerprint density at radius 2 is 1.48 bits per heavy atom. The van der Waals surface area contributed by atoms with Crippen molar-refractivity contribution in [2.24, 2.45) is 5.92 Å². The molecule has 5 nitrogen and oxygen atoms in total. The van der Waals surface area contributed by atoms with Gasteiger partial charge in [0.1, 0.15) is 0 Å². The molecule has 0 saturated heterocycles. The van der Waals surface area contributed by atoms with E-state index in [1.807, 2.05) is 19.9 Å². The van der Waals surface area contributed by atoms with Crippen LogP contribution in [0.2, 0.25) is 0 Å². The van der Waals surface area contributed by atoms with Gasteiger partial charge in [-0.3, -0.25) is 14.9 Å². The zero-order valence-electron chi connectivity index (χ0n) is 14.2. The molecule has 25 heavy (non-hydrogen) atoms. The van der Waals surface area contributed by atoms with E-state index in [2.05, 4.69) is 16.0 Å². The number of rotatable bonds is 5. The van der Waals surface area contributed by atoms with Crippen LogP contribution in [-0.2, 0) is 4.79 Å². The van der Waals surface area contributed by atoms with Crippen LogP contribution in [0.4, 0.5) is 11.4 Å². The third-order valence-corrected chi connectivity index (χ3v) is 3.49. The molecule has 0 radical (unpaired) electrons. The lowest BCUT2D eigenvalue weighted by Crippen LogP contribution is -2.34. The largest absolute Gasteiger partial charge is 0.332 e. The van der Waals surface area contributed by atoms with Crippen LogP contribution in [0.5, 0.6) is 0 Å². The molecule has 0 atom stereocenters. The van der Waals surface area contributed by atoms with Gasteiger partial charge < -0.3 is 10.6 Å². The van der Waals surface area contributed by atoms with Crippen molar-refractivity contribution in [2.75, 3.05) is 10.6 Å². The van der Waals surface area contributed by atoms with E-state index in [0.29, 0.717) is 17.9 Å². The van der Waals surface area contributed by atoms with Gasteiger partial charge in [0.25, 0.3) is 5.91 Å². The minimum absolute atomic E-state index is 0.0126. The highest BCUT2D eigenvalue weighted by Gasteiger charge is 2.08. The van der Waals surface area contributed by atoms with Gasteiger partial charge in [0.05, 0.1) is 0 Å². The molecule has 0 aliphatic rings. The summed E-state index contributed by atoms with van der Waals surface area (Å²) in [5, 5.41) is 8.62. The Morgan fingerprint density at radius 3 is 2.04 bits per heavy atom. The Labute approximate surface area is 152 Å². The van der Waals surface area contributed by atoms with Gasteiger partial charge in [-0.25, -0.2) is 0 Å². The average molecular weight is 355 g/mol. The summed E-state index contributed by atoms with van der Waals surface area (Å²) in [6.45, 7) is 3.99. The molecule has 130 valence electrons. The van der Waals surface area contributed by atoms with E-state index in [4.69, 9.17) is 12.2 Å². The fourth-order valence-corrected chi connectivity index (χ4v) is 2.36. The lowest BCUT2D eigenvalue weighted by Gasteiger charge is -2.11. The number of carbonyl (C=O) groups excluding carboxylic acids is 2. The molecular weight excluding hydrogens is 334 g/mol. The standard InChI is InChI=1S/C19H21N3O2S/c1-13(2)12-17(23)20-15-8-10-16(11-9-15)21-19(25)22-18(24)14-6-4-3-5-7-14/h3-11,13H,12H2,1-2H3,(H,20,23)(H2,21,22,24,25). The Bertz CT molecular complexity index is 743. The van der Waals surface area contributed by atoms with Gasteiger partial charge in [-0.1, -0.05) is 32.0 Å². The van der Waals surface area contributed by atoms with Crippen molar-refractivity contribution in [2.45, 2.75) is 20.3 Å². The highest BCUT2D eigenvalue weighted by molar-refractivity contribution is 7.80. The molecule has 0 heterocycles. The van der Waals surface area contributed by atoms with Crippen molar-refractivity contribution in [1.29, 1.82) is 0 Å². The van der Waals surface area contributed by atoms with Gasteiger partial charge in [-0.2, -0.15) is 0 Å². The Kier molecular flexibility index (Phi) is 6.65. The maximum Gasteiger partial charge on any atom is 0.257 e. The zero-order chi connectivity index (χ0) is 18.2. The molecule has 6 heteroatoms. The molecule has 0 aromatic heterocycles. The van der Waals surface area contributed by atoms with Gasteiger partial charge in [0.15, 0.2) is 5.11 Å². The van der Waals surface area contributed by atoms with E-state index in [1.165, 1.54) is 0 Å². The van der Waals surface area contributed by atoms with Crippen molar-refractivity contribution in [1.82, 2.24) is 5.32 Å². The number of amides is 2. The average Bonchev–Trinajstić information content (AvgIpc) is 2.56. The summed E-state index contributed by atoms with van der Waals surface area (Å²) < 4.78 is 0. The van der Waals surface area contributed by atoms with Gasteiger partial charge in [-0.05, 0) is 54.5 Å². The lowest BCUT2D eigenvalue weighted by atomic mass is 10.1. The third kappa shape index (κ3) is 6.35. The van der Waals surface area contributed by atoms with Crippen molar-refractivity contribution in [3.63, 3.8) is 0 Å². The maximum atomic E-state index is 12.0. The first-order chi connectivity index (χ1) is 11.9. The molecular formula is C19H21N3O2S. The summed E-state index contributed by atoms with van der Waals surface area (Å²) in [5.74, 6) is 0.0311. The van der Waals surface area contributed by atoms with Crippen molar-refractivity contribution in [3.8, 4) is 0 Å². The number of carbonyl (C=O) groups is 2. The molecule has 2 aromatic carbocycles. The Hall–Kier alpha value is -2.73. The first-order valence-electron chi connectivity index (χ1n) is 8.01. The molecule has 0 aliphatic heterocycles. The summed E-state index contributed by atoms with van der Waals surface area (Å²) in [7, 11) is 0. The van der Waals surface area contributed by atoms with Crippen LogP contribution in [-0.4, -0.2) is 16.9 Å². The van der Waals surface area contributed by atoms with Crippen molar-refractivity contribution >= 4 is 40.5 Å². The van der Waals surface area contributed by atoms with Gasteiger partial charge in [0, 0.05) is 23.4 Å². The summed E-state index contributed by atoms with van der Waals surface area (Å²) in [6, 6.07) is 16.0. The Balaban J connectivity index is 1.87. The predicted molar refractivity (Wildman–Crippen MR) is 105 cm³/mol. The number of thiocarbonyl (C=S) groups is 1. The molecule has 0 unspecified atom stereocenters. The third-order valence-electron chi connectivity index (χ3n) is 3.28. The van der Waals surface area contributed by atoms with Crippen LogP contribution in [0.25, 0.3) is 0 Å². The maximum absolute atomic E-state index is 12.0. The van der Waals surface area contributed by atoms with Crippen LogP contribution >= 0.6 is 12.2 Å². The van der Waals surface area contributed by atoms with E-state index in [1.54, 1.807) is 48.5 Å². The number of anilines is 2. The van der Waals surface area contributed by atoms with Crippen LogP contribution in [0.15, 0.2) is 54.6 Å². The fourth-order valence-electron chi connectivity index (χ4n) is 2.15. The van der Waals surface area contributed by atoms with E-state index in [0.717, 1.165) is 11.4 Å². The number of hydrogen-bond donors (Lipinski definition) is 3. The summed E-state index contributed by atoms with van der Waals surface area (Å²) in [5.41, 5.74) is 1.98. The molecule has 0 fully saturated rings. The quantitative estimate of drug-likeness (QED) is 0.714. The summed E-state index contributed by atoms with van der Waals surface area (Å²) in [4.78, 5) is 23.8. The van der Waals surface area contributed by atoms with Crippen molar-refractivity contribution < 1.29 is 9.59 Å². The van der Waals surface area contributed by atoms with E-state index >= 15 is 0 Å². The first-order valence-corrected chi connectivity index (χ1v) is 8.42. The molecule has 0 spiro atoms. The smallest absolute Gasteiger partial charge is 0.257 e. The van der Waals surface area contributed by atoms with E-state index < -0.39 is 0 Å². The minimum atomic E-state index is -0.268. The van der Waals surface area contributed by atoms with Gasteiger partial charge in [0.2, 0.25) is 5.91 Å². The van der Waals surface area contributed by atoms with Gasteiger partial charge >= 0.3 is 0 Å². The summed E-state index contributed by atoms with van der Waals surface area (Å²) >= 11 is 5.15. The zero-order valence-corrected chi connectivity index (χ0v) is 15.0. The van der Waals surface area contributed by atoms with Gasteiger partial charge in [-0.15, -0.1) is 0 Å². The van der Waals surface area contributed by atoms with E-state index in [9.17, 15) is 9.59 Å². The molecule has 2 amide bonds. The monoisotopic (exact) mass is 355 g/mol. The molecule has 2 rings (SSSR count). The normalized spacial score (nSPS) is 10.2. The SMILES string of the molecule is CC(C)CC(=O)Nc1ccc(NC(=S)NC(=O)c2ccccc2)cc1. The fraction of sp³-hybridized carbons (Fsp3) is 0.211. The second-order valence-corrected chi connectivity index (χ2v) is 6.41.